The summed E-state index contributed by atoms with van der Waals surface area (Å²) in [5, 5.41) is 0. The molecule has 0 amide bonds. The number of hydrogen-bond acceptors (Lipinski definition) is 3. The Morgan fingerprint density at radius 2 is 2.00 bits per heavy atom. The third-order valence-electron chi connectivity index (χ3n) is 2.27. The van der Waals surface area contributed by atoms with Crippen molar-refractivity contribution >= 4 is 17.2 Å². The second kappa shape index (κ2) is 5.41. The second-order valence-electron chi connectivity index (χ2n) is 3.54. The molecule has 0 bridgehead atoms. The van der Waals surface area contributed by atoms with Gasteiger partial charge >= 0.3 is 0 Å². The van der Waals surface area contributed by atoms with E-state index in [0.717, 1.165) is 16.9 Å². The Morgan fingerprint density at radius 3 is 2.71 bits per heavy atom. The predicted octanol–water partition coefficient (Wildman–Crippen LogP) is 2.29. The van der Waals surface area contributed by atoms with Gasteiger partial charge < -0.3 is 10.5 Å². The van der Waals surface area contributed by atoms with E-state index in [2.05, 4.69) is 4.98 Å². The van der Waals surface area contributed by atoms with Gasteiger partial charge in [-0.25, -0.2) is 0 Å². The molecule has 0 spiro atoms. The maximum Gasteiger partial charge on any atom is 0.120 e. The van der Waals surface area contributed by atoms with Crippen molar-refractivity contribution in [3.8, 4) is 5.75 Å². The first-order chi connectivity index (χ1) is 8.25. The van der Waals surface area contributed by atoms with Crippen molar-refractivity contribution in [2.75, 3.05) is 0 Å². The summed E-state index contributed by atoms with van der Waals surface area (Å²) in [6.45, 7) is 0.503. The van der Waals surface area contributed by atoms with E-state index >= 15 is 0 Å². The van der Waals surface area contributed by atoms with Crippen LogP contribution in [0.1, 0.15) is 11.1 Å². The summed E-state index contributed by atoms with van der Waals surface area (Å²) in [6, 6.07) is 11.3. The molecule has 0 atom stereocenters. The molecule has 0 saturated heterocycles. The molecule has 17 heavy (non-hydrogen) atoms. The molecular weight excluding hydrogens is 232 g/mol. The Hall–Kier alpha value is -1.94. The zero-order chi connectivity index (χ0) is 12.1. The molecule has 0 aliphatic rings. The Kier molecular flexibility index (Phi) is 3.67. The molecule has 0 saturated carbocycles. The van der Waals surface area contributed by atoms with Crippen molar-refractivity contribution < 1.29 is 4.74 Å². The molecule has 86 valence electrons. The van der Waals surface area contributed by atoms with Crippen LogP contribution in [0.3, 0.4) is 0 Å². The Labute approximate surface area is 105 Å². The lowest BCUT2D eigenvalue weighted by Gasteiger charge is -2.07. The number of nitrogens with two attached hydrogens (primary N) is 1. The quantitative estimate of drug-likeness (QED) is 0.838. The number of ether oxygens (including phenoxy) is 1. The van der Waals surface area contributed by atoms with Gasteiger partial charge in [-0.2, -0.15) is 0 Å². The van der Waals surface area contributed by atoms with Crippen molar-refractivity contribution in [3.05, 3.63) is 59.9 Å². The molecule has 0 unspecified atom stereocenters. The summed E-state index contributed by atoms with van der Waals surface area (Å²) in [6.07, 6.45) is 3.48. The minimum Gasteiger partial charge on any atom is -0.489 e. The van der Waals surface area contributed by atoms with Gasteiger partial charge in [-0.1, -0.05) is 24.4 Å². The molecule has 0 aliphatic carbocycles. The molecule has 4 heteroatoms. The lowest BCUT2D eigenvalue weighted by Crippen LogP contribution is -2.09. The summed E-state index contributed by atoms with van der Waals surface area (Å²) in [5.74, 6) is 0.757. The smallest absolute Gasteiger partial charge is 0.120 e. The zero-order valence-corrected chi connectivity index (χ0v) is 9.98. The predicted molar refractivity (Wildman–Crippen MR) is 70.9 cm³/mol. The molecule has 0 fully saturated rings. The molecule has 1 heterocycles. The number of aromatic nitrogens is 1. The first-order valence-corrected chi connectivity index (χ1v) is 5.58. The molecule has 2 aromatic rings. The zero-order valence-electron chi connectivity index (χ0n) is 9.17. The van der Waals surface area contributed by atoms with Gasteiger partial charge in [0.15, 0.2) is 0 Å². The summed E-state index contributed by atoms with van der Waals surface area (Å²) in [5.41, 5.74) is 7.44. The third kappa shape index (κ3) is 3.26. The van der Waals surface area contributed by atoms with E-state index in [1.54, 1.807) is 12.4 Å². The summed E-state index contributed by atoms with van der Waals surface area (Å²) >= 11 is 4.91. The highest BCUT2D eigenvalue weighted by atomic mass is 32.1. The second-order valence-corrected chi connectivity index (χ2v) is 3.98. The van der Waals surface area contributed by atoms with Gasteiger partial charge in [-0.3, -0.25) is 4.98 Å². The van der Waals surface area contributed by atoms with E-state index in [1.165, 1.54) is 0 Å². The van der Waals surface area contributed by atoms with Crippen LogP contribution < -0.4 is 10.5 Å². The van der Waals surface area contributed by atoms with Crippen molar-refractivity contribution in [2.24, 2.45) is 5.73 Å². The highest BCUT2D eigenvalue weighted by molar-refractivity contribution is 7.80. The molecule has 1 aromatic carbocycles. The topological polar surface area (TPSA) is 48.1 Å². The summed E-state index contributed by atoms with van der Waals surface area (Å²) in [7, 11) is 0. The number of benzene rings is 1. The van der Waals surface area contributed by atoms with Crippen LogP contribution >= 0.6 is 12.2 Å². The average Bonchev–Trinajstić information content (AvgIpc) is 2.38. The van der Waals surface area contributed by atoms with E-state index in [1.807, 2.05) is 36.4 Å². The van der Waals surface area contributed by atoms with E-state index in [0.29, 0.717) is 11.6 Å². The van der Waals surface area contributed by atoms with Gasteiger partial charge in [-0.05, 0) is 29.8 Å². The van der Waals surface area contributed by atoms with Gasteiger partial charge in [0.1, 0.15) is 17.3 Å². The Bertz CT molecular complexity index is 514. The van der Waals surface area contributed by atoms with Crippen LogP contribution in [0.15, 0.2) is 48.8 Å². The van der Waals surface area contributed by atoms with Crippen LogP contribution in [-0.4, -0.2) is 9.97 Å². The Morgan fingerprint density at radius 1 is 1.24 bits per heavy atom. The van der Waals surface area contributed by atoms with Gasteiger partial charge in [-0.15, -0.1) is 0 Å². The number of nitrogens with zero attached hydrogens (tertiary/aromatic N) is 1. The minimum absolute atomic E-state index is 0.374. The first-order valence-electron chi connectivity index (χ1n) is 5.17. The van der Waals surface area contributed by atoms with Crippen molar-refractivity contribution in [2.45, 2.75) is 6.61 Å². The Balaban J connectivity index is 2.04. The van der Waals surface area contributed by atoms with Crippen LogP contribution in [0.25, 0.3) is 0 Å². The summed E-state index contributed by atoms with van der Waals surface area (Å²) in [4.78, 5) is 4.32. The van der Waals surface area contributed by atoms with E-state index in [-0.39, 0.29) is 0 Å². The van der Waals surface area contributed by atoms with Crippen LogP contribution in [0, 0.1) is 0 Å². The number of thiocarbonyl (C=S) groups is 1. The highest BCUT2D eigenvalue weighted by Gasteiger charge is 1.99. The van der Waals surface area contributed by atoms with Gasteiger partial charge in [0.25, 0.3) is 0 Å². The molecule has 0 radical (unpaired) electrons. The van der Waals surface area contributed by atoms with Crippen molar-refractivity contribution in [3.63, 3.8) is 0 Å². The van der Waals surface area contributed by atoms with Crippen LogP contribution in [0.2, 0.25) is 0 Å². The fraction of sp³-hybridized carbons (Fsp3) is 0.0769. The average molecular weight is 244 g/mol. The fourth-order valence-corrected chi connectivity index (χ4v) is 1.51. The molecule has 2 rings (SSSR count). The monoisotopic (exact) mass is 244 g/mol. The molecule has 3 nitrogen and oxygen atoms in total. The lowest BCUT2D eigenvalue weighted by atomic mass is 10.2. The SMILES string of the molecule is NC(=S)c1cccc(OCc2ccncc2)c1. The van der Waals surface area contributed by atoms with Gasteiger partial charge in [0.05, 0.1) is 0 Å². The minimum atomic E-state index is 0.374. The van der Waals surface area contributed by atoms with Crippen LogP contribution in [-0.2, 0) is 6.61 Å². The van der Waals surface area contributed by atoms with Crippen molar-refractivity contribution in [1.82, 2.24) is 4.98 Å². The van der Waals surface area contributed by atoms with Gasteiger partial charge in [0.2, 0.25) is 0 Å². The van der Waals surface area contributed by atoms with Crippen LogP contribution in [0.4, 0.5) is 0 Å². The number of hydrogen-bond donors (Lipinski definition) is 1. The van der Waals surface area contributed by atoms with Gasteiger partial charge in [0, 0.05) is 18.0 Å². The number of pyridine rings is 1. The van der Waals surface area contributed by atoms with Crippen LogP contribution in [0.5, 0.6) is 5.75 Å². The lowest BCUT2D eigenvalue weighted by molar-refractivity contribution is 0.306. The maximum absolute atomic E-state index is 5.64. The standard InChI is InChI=1S/C13H12N2OS/c14-13(17)11-2-1-3-12(8-11)16-9-10-4-6-15-7-5-10/h1-8H,9H2,(H2,14,17). The molecule has 2 N–H and O–H groups in total. The molecular formula is C13H12N2OS. The molecule has 0 aliphatic heterocycles. The fourth-order valence-electron chi connectivity index (χ4n) is 1.38. The molecule has 1 aromatic heterocycles. The number of rotatable bonds is 4. The van der Waals surface area contributed by atoms with E-state index in [4.69, 9.17) is 22.7 Å². The first kappa shape index (κ1) is 11.5. The highest BCUT2D eigenvalue weighted by Crippen LogP contribution is 2.14. The normalized spacial score (nSPS) is 9.88. The third-order valence-corrected chi connectivity index (χ3v) is 2.51. The van der Waals surface area contributed by atoms with E-state index in [9.17, 15) is 0 Å². The maximum atomic E-state index is 5.64. The van der Waals surface area contributed by atoms with Crippen molar-refractivity contribution in [1.29, 1.82) is 0 Å². The summed E-state index contributed by atoms with van der Waals surface area (Å²) < 4.78 is 5.64. The van der Waals surface area contributed by atoms with E-state index < -0.39 is 0 Å². The largest absolute Gasteiger partial charge is 0.489 e.